The van der Waals surface area contributed by atoms with Crippen molar-refractivity contribution < 1.29 is 17.9 Å². The maximum absolute atomic E-state index is 12.8. The number of hydrogen-bond acceptors (Lipinski definition) is 4. The number of esters is 1. The van der Waals surface area contributed by atoms with E-state index < -0.39 is 16.0 Å². The van der Waals surface area contributed by atoms with Gasteiger partial charge in [0.25, 0.3) is 0 Å². The van der Waals surface area contributed by atoms with Crippen molar-refractivity contribution in [1.82, 2.24) is 4.57 Å². The monoisotopic (exact) mass is 350 g/mol. The van der Waals surface area contributed by atoms with E-state index in [0.29, 0.717) is 17.8 Å². The minimum Gasteiger partial charge on any atom is -0.465 e. The van der Waals surface area contributed by atoms with Gasteiger partial charge in [-0.2, -0.15) is 0 Å². The second kappa shape index (κ2) is 5.81. The molecule has 24 heavy (non-hydrogen) atoms. The first-order chi connectivity index (χ1) is 11.3. The molecule has 2 heterocycles. The predicted octanol–water partition coefficient (Wildman–Crippen LogP) is 2.55. The van der Waals surface area contributed by atoms with E-state index >= 15 is 0 Å². The minimum absolute atomic E-state index is 0.0420. The maximum atomic E-state index is 12.8. The molecule has 1 aliphatic rings. The third kappa shape index (κ3) is 2.47. The van der Waals surface area contributed by atoms with Gasteiger partial charge in [0.2, 0.25) is 10.0 Å². The van der Waals surface area contributed by atoms with Crippen LogP contribution in [0.1, 0.15) is 36.7 Å². The summed E-state index contributed by atoms with van der Waals surface area (Å²) in [7, 11) is -2.13. The number of anilines is 1. The lowest BCUT2D eigenvalue weighted by Gasteiger charge is -2.27. The predicted molar refractivity (Wildman–Crippen MR) is 94.1 cm³/mol. The van der Waals surface area contributed by atoms with Gasteiger partial charge in [0.15, 0.2) is 0 Å². The van der Waals surface area contributed by atoms with Gasteiger partial charge in [-0.3, -0.25) is 4.31 Å². The van der Waals surface area contributed by atoms with E-state index in [1.165, 1.54) is 11.4 Å². The standard InChI is InChI=1S/C17H22N2O4S/c1-5-12-10-18-6-7-24(21,22)19(11(2)3)15-9-13(17(20)23-4)8-14(12)16(15)18/h8-11H,5-7H2,1-4H3. The molecular weight excluding hydrogens is 328 g/mol. The normalized spacial score (nSPS) is 16.5. The summed E-state index contributed by atoms with van der Waals surface area (Å²) in [5.41, 5.74) is 2.89. The van der Waals surface area contributed by atoms with Crippen molar-refractivity contribution in [3.8, 4) is 0 Å². The molecule has 0 amide bonds. The van der Waals surface area contributed by atoms with Crippen LogP contribution in [0.25, 0.3) is 10.9 Å². The number of nitrogens with zero attached hydrogens (tertiary/aromatic N) is 2. The first-order valence-electron chi connectivity index (χ1n) is 8.06. The summed E-state index contributed by atoms with van der Waals surface area (Å²) in [6, 6.07) is 3.20. The molecule has 2 aromatic rings. The fourth-order valence-corrected chi connectivity index (χ4v) is 5.12. The highest BCUT2D eigenvalue weighted by molar-refractivity contribution is 7.92. The topological polar surface area (TPSA) is 68.6 Å². The van der Waals surface area contributed by atoms with Crippen molar-refractivity contribution in [1.29, 1.82) is 0 Å². The molecule has 0 spiro atoms. The average molecular weight is 350 g/mol. The molecule has 0 saturated heterocycles. The van der Waals surface area contributed by atoms with Crippen LogP contribution in [-0.2, 0) is 27.7 Å². The van der Waals surface area contributed by atoms with Crippen LogP contribution >= 0.6 is 0 Å². The molecule has 0 bridgehead atoms. The van der Waals surface area contributed by atoms with Gasteiger partial charge in [0.1, 0.15) is 0 Å². The molecule has 0 saturated carbocycles. The molecule has 6 nitrogen and oxygen atoms in total. The van der Waals surface area contributed by atoms with Gasteiger partial charge in [0, 0.05) is 24.2 Å². The third-order valence-electron chi connectivity index (χ3n) is 4.43. The van der Waals surface area contributed by atoms with Crippen LogP contribution in [0.15, 0.2) is 18.3 Å². The second-order valence-electron chi connectivity index (χ2n) is 6.29. The van der Waals surface area contributed by atoms with E-state index in [0.717, 1.165) is 22.9 Å². The Bertz CT molecular complexity index is 912. The van der Waals surface area contributed by atoms with Gasteiger partial charge in [-0.1, -0.05) is 6.92 Å². The summed E-state index contributed by atoms with van der Waals surface area (Å²) in [4.78, 5) is 12.1. The van der Waals surface area contributed by atoms with Crippen molar-refractivity contribution in [3.05, 3.63) is 29.5 Å². The van der Waals surface area contributed by atoms with Crippen LogP contribution in [0.3, 0.4) is 0 Å². The Labute approximate surface area is 142 Å². The smallest absolute Gasteiger partial charge is 0.337 e. The van der Waals surface area contributed by atoms with Gasteiger partial charge in [-0.05, 0) is 38.0 Å². The largest absolute Gasteiger partial charge is 0.465 e. The molecule has 1 aromatic heterocycles. The number of hydrogen-bond donors (Lipinski definition) is 0. The molecule has 0 unspecified atom stereocenters. The lowest BCUT2D eigenvalue weighted by atomic mass is 10.1. The van der Waals surface area contributed by atoms with Crippen LogP contribution in [0.2, 0.25) is 0 Å². The molecular formula is C17H22N2O4S. The lowest BCUT2D eigenvalue weighted by molar-refractivity contribution is 0.0601. The van der Waals surface area contributed by atoms with Crippen molar-refractivity contribution in [2.45, 2.75) is 39.8 Å². The van der Waals surface area contributed by atoms with Gasteiger partial charge >= 0.3 is 5.97 Å². The number of sulfonamides is 1. The number of carbonyl (C=O) groups is 1. The number of benzene rings is 1. The summed E-state index contributed by atoms with van der Waals surface area (Å²) >= 11 is 0. The van der Waals surface area contributed by atoms with Crippen molar-refractivity contribution in [3.63, 3.8) is 0 Å². The first kappa shape index (κ1) is 16.8. The van der Waals surface area contributed by atoms with E-state index in [1.54, 1.807) is 12.1 Å². The quantitative estimate of drug-likeness (QED) is 0.798. The van der Waals surface area contributed by atoms with Gasteiger partial charge < -0.3 is 9.30 Å². The molecule has 1 aromatic carbocycles. The molecule has 0 aliphatic carbocycles. The zero-order valence-electron chi connectivity index (χ0n) is 14.4. The number of rotatable bonds is 3. The Morgan fingerprint density at radius 3 is 2.62 bits per heavy atom. The summed E-state index contributed by atoms with van der Waals surface area (Å²) < 4.78 is 33.8. The maximum Gasteiger partial charge on any atom is 0.337 e. The lowest BCUT2D eigenvalue weighted by Crippen LogP contribution is -2.38. The van der Waals surface area contributed by atoms with E-state index in [-0.39, 0.29) is 11.8 Å². The van der Waals surface area contributed by atoms with E-state index in [4.69, 9.17) is 4.74 Å². The average Bonchev–Trinajstić information content (AvgIpc) is 2.84. The van der Waals surface area contributed by atoms with Crippen LogP contribution < -0.4 is 4.31 Å². The number of aryl methyl sites for hydroxylation is 2. The molecule has 0 radical (unpaired) electrons. The van der Waals surface area contributed by atoms with Crippen LogP contribution in [0, 0.1) is 0 Å². The van der Waals surface area contributed by atoms with E-state index in [1.807, 2.05) is 31.5 Å². The van der Waals surface area contributed by atoms with Gasteiger partial charge in [0.05, 0.1) is 29.6 Å². The van der Waals surface area contributed by atoms with Gasteiger partial charge in [-0.25, -0.2) is 13.2 Å². The minimum atomic E-state index is -3.45. The third-order valence-corrected chi connectivity index (χ3v) is 6.35. The Kier molecular flexibility index (Phi) is 4.07. The van der Waals surface area contributed by atoms with Crippen LogP contribution in [-0.4, -0.2) is 37.9 Å². The van der Waals surface area contributed by atoms with Crippen LogP contribution in [0.4, 0.5) is 5.69 Å². The fourth-order valence-electron chi connectivity index (χ4n) is 3.41. The molecule has 0 atom stereocenters. The summed E-state index contributed by atoms with van der Waals surface area (Å²) in [6.07, 6.45) is 2.80. The highest BCUT2D eigenvalue weighted by Gasteiger charge is 2.32. The van der Waals surface area contributed by atoms with E-state index in [9.17, 15) is 13.2 Å². The summed E-state index contributed by atoms with van der Waals surface area (Å²) in [5.74, 6) is -0.423. The first-order valence-corrected chi connectivity index (χ1v) is 9.67. The molecule has 0 N–H and O–H groups in total. The molecule has 130 valence electrons. The SMILES string of the molecule is CCc1cn2c3c(cc(C(=O)OC)cc13)N(C(C)C)S(=O)(=O)CC2. The Morgan fingerprint density at radius 2 is 2.04 bits per heavy atom. The number of methoxy groups -OCH3 is 1. The zero-order valence-corrected chi connectivity index (χ0v) is 15.2. The molecule has 0 fully saturated rings. The van der Waals surface area contributed by atoms with Crippen molar-refractivity contribution in [2.24, 2.45) is 0 Å². The molecule has 7 heteroatoms. The fraction of sp³-hybridized carbons (Fsp3) is 0.471. The van der Waals surface area contributed by atoms with E-state index in [2.05, 4.69) is 0 Å². The zero-order chi connectivity index (χ0) is 17.6. The Hall–Kier alpha value is -2.02. The van der Waals surface area contributed by atoms with Crippen molar-refractivity contribution >= 4 is 32.6 Å². The number of ether oxygens (including phenoxy) is 1. The number of carbonyl (C=O) groups excluding carboxylic acids is 1. The van der Waals surface area contributed by atoms with Crippen molar-refractivity contribution in [2.75, 3.05) is 17.2 Å². The van der Waals surface area contributed by atoms with Crippen LogP contribution in [0.5, 0.6) is 0 Å². The summed E-state index contributed by atoms with van der Waals surface area (Å²) in [6.45, 7) is 6.14. The Morgan fingerprint density at radius 1 is 1.33 bits per heavy atom. The van der Waals surface area contributed by atoms with Gasteiger partial charge in [-0.15, -0.1) is 0 Å². The molecule has 3 rings (SSSR count). The highest BCUT2D eigenvalue weighted by atomic mass is 32.2. The Balaban J connectivity index is 2.42. The highest BCUT2D eigenvalue weighted by Crippen LogP contribution is 2.37. The number of aromatic nitrogens is 1. The summed E-state index contributed by atoms with van der Waals surface area (Å²) in [5, 5.41) is 0.915. The second-order valence-corrected chi connectivity index (χ2v) is 8.26. The molecule has 1 aliphatic heterocycles.